The Hall–Kier alpha value is -1.75. The van der Waals surface area contributed by atoms with Crippen molar-refractivity contribution in [1.82, 2.24) is 15.5 Å². The molecule has 0 aromatic heterocycles. The van der Waals surface area contributed by atoms with Crippen molar-refractivity contribution in [1.29, 1.82) is 0 Å². The highest BCUT2D eigenvalue weighted by molar-refractivity contribution is 5.80. The van der Waals surface area contributed by atoms with Crippen LogP contribution in [0.15, 0.2) is 23.2 Å². The Labute approximate surface area is 160 Å². The lowest BCUT2D eigenvalue weighted by Crippen LogP contribution is -2.42. The van der Waals surface area contributed by atoms with Gasteiger partial charge in [0.2, 0.25) is 0 Å². The minimum atomic E-state index is 0.404. The number of methoxy groups -OCH3 is 1. The van der Waals surface area contributed by atoms with E-state index >= 15 is 0 Å². The number of nitrogens with zero attached hydrogens (tertiary/aromatic N) is 2. The maximum Gasteiger partial charge on any atom is 0.191 e. The SMILES string of the molecule is CCNC(=NCc1ccc(OC)c(C)c1)NC(C)CCCN(CC)CC. The van der Waals surface area contributed by atoms with Crippen LogP contribution in [0.1, 0.15) is 51.7 Å². The van der Waals surface area contributed by atoms with Crippen LogP contribution in [0.3, 0.4) is 0 Å². The standard InChI is InChI=1S/C21H38N4O/c1-7-22-21(24-18(5)11-10-14-25(8-2)9-3)23-16-19-12-13-20(26-6)17(4)15-19/h12-13,15,18H,7-11,14,16H2,1-6H3,(H2,22,23,24). The molecule has 1 rings (SSSR count). The smallest absolute Gasteiger partial charge is 0.191 e. The summed E-state index contributed by atoms with van der Waals surface area (Å²) in [5, 5.41) is 6.88. The van der Waals surface area contributed by atoms with Gasteiger partial charge in [0.25, 0.3) is 0 Å². The zero-order valence-electron chi connectivity index (χ0n) is 17.6. The van der Waals surface area contributed by atoms with Crippen molar-refractivity contribution in [2.24, 2.45) is 4.99 Å². The number of aliphatic imine (C=N–C) groups is 1. The third-order valence-corrected chi connectivity index (χ3v) is 4.61. The highest BCUT2D eigenvalue weighted by Crippen LogP contribution is 2.18. The van der Waals surface area contributed by atoms with Crippen molar-refractivity contribution >= 4 is 5.96 Å². The van der Waals surface area contributed by atoms with Crippen LogP contribution in [0.2, 0.25) is 0 Å². The maximum absolute atomic E-state index is 5.32. The predicted octanol–water partition coefficient (Wildman–Crippen LogP) is 3.57. The zero-order chi connectivity index (χ0) is 19.4. The van der Waals surface area contributed by atoms with E-state index in [-0.39, 0.29) is 0 Å². The van der Waals surface area contributed by atoms with Crippen LogP contribution in [0.4, 0.5) is 0 Å². The van der Waals surface area contributed by atoms with E-state index in [1.54, 1.807) is 7.11 Å². The number of ether oxygens (including phenoxy) is 1. The quantitative estimate of drug-likeness (QED) is 0.467. The van der Waals surface area contributed by atoms with Crippen LogP contribution in [-0.2, 0) is 6.54 Å². The van der Waals surface area contributed by atoms with E-state index in [9.17, 15) is 0 Å². The van der Waals surface area contributed by atoms with Crippen molar-refractivity contribution in [3.63, 3.8) is 0 Å². The minimum absolute atomic E-state index is 0.404. The number of aryl methyl sites for hydroxylation is 1. The van der Waals surface area contributed by atoms with Crippen LogP contribution in [0.5, 0.6) is 5.75 Å². The fraction of sp³-hybridized carbons (Fsp3) is 0.667. The zero-order valence-corrected chi connectivity index (χ0v) is 17.6. The van der Waals surface area contributed by atoms with E-state index in [0.29, 0.717) is 12.6 Å². The summed E-state index contributed by atoms with van der Waals surface area (Å²) in [7, 11) is 1.70. The average molecular weight is 363 g/mol. The van der Waals surface area contributed by atoms with Gasteiger partial charge in [0.1, 0.15) is 5.75 Å². The molecule has 5 heteroatoms. The number of hydrogen-bond acceptors (Lipinski definition) is 3. The molecule has 0 aliphatic rings. The molecule has 0 amide bonds. The molecule has 1 atom stereocenters. The Balaban J connectivity index is 2.55. The van der Waals surface area contributed by atoms with Crippen molar-refractivity contribution in [3.8, 4) is 5.75 Å². The van der Waals surface area contributed by atoms with Crippen LogP contribution in [0.25, 0.3) is 0 Å². The van der Waals surface area contributed by atoms with Gasteiger partial charge in [-0.3, -0.25) is 0 Å². The Morgan fingerprint density at radius 3 is 2.54 bits per heavy atom. The van der Waals surface area contributed by atoms with E-state index in [1.165, 1.54) is 12.0 Å². The van der Waals surface area contributed by atoms with E-state index < -0.39 is 0 Å². The molecule has 5 nitrogen and oxygen atoms in total. The summed E-state index contributed by atoms with van der Waals surface area (Å²) in [5.74, 6) is 1.81. The molecule has 0 saturated heterocycles. The third-order valence-electron chi connectivity index (χ3n) is 4.61. The lowest BCUT2D eigenvalue weighted by atomic mass is 10.1. The van der Waals surface area contributed by atoms with E-state index in [4.69, 9.17) is 9.73 Å². The van der Waals surface area contributed by atoms with Gasteiger partial charge in [-0.2, -0.15) is 0 Å². The molecule has 0 spiro atoms. The Bertz CT molecular complexity index is 541. The summed E-state index contributed by atoms with van der Waals surface area (Å²) in [4.78, 5) is 7.21. The predicted molar refractivity (Wildman–Crippen MR) is 112 cm³/mol. The first kappa shape index (κ1) is 22.3. The summed E-state index contributed by atoms with van der Waals surface area (Å²) in [5.41, 5.74) is 2.33. The molecular formula is C21H38N4O. The van der Waals surface area contributed by atoms with Gasteiger partial charge in [0, 0.05) is 12.6 Å². The normalized spacial score (nSPS) is 13.0. The molecule has 1 aromatic carbocycles. The Morgan fingerprint density at radius 2 is 1.96 bits per heavy atom. The van der Waals surface area contributed by atoms with Crippen molar-refractivity contribution < 1.29 is 4.74 Å². The molecule has 0 aliphatic heterocycles. The summed E-state index contributed by atoms with van der Waals surface area (Å²) in [6.07, 6.45) is 2.34. The molecule has 148 valence electrons. The summed E-state index contributed by atoms with van der Waals surface area (Å²) in [6.45, 7) is 15.8. The van der Waals surface area contributed by atoms with Gasteiger partial charge in [0.05, 0.1) is 13.7 Å². The first-order chi connectivity index (χ1) is 12.5. The minimum Gasteiger partial charge on any atom is -0.496 e. The van der Waals surface area contributed by atoms with Gasteiger partial charge >= 0.3 is 0 Å². The molecule has 0 saturated carbocycles. The Kier molecular flexibility index (Phi) is 10.8. The van der Waals surface area contributed by atoms with Gasteiger partial charge in [-0.15, -0.1) is 0 Å². The second-order valence-electron chi connectivity index (χ2n) is 6.71. The molecule has 0 heterocycles. The van der Waals surface area contributed by atoms with Gasteiger partial charge in [-0.1, -0.05) is 26.0 Å². The number of hydrogen-bond donors (Lipinski definition) is 2. The fourth-order valence-corrected chi connectivity index (χ4v) is 3.00. The summed E-state index contributed by atoms with van der Waals surface area (Å²) >= 11 is 0. The van der Waals surface area contributed by atoms with Gasteiger partial charge in [-0.25, -0.2) is 4.99 Å². The maximum atomic E-state index is 5.32. The van der Waals surface area contributed by atoms with Gasteiger partial charge in [-0.05, 0) is 70.4 Å². The first-order valence-electron chi connectivity index (χ1n) is 9.94. The summed E-state index contributed by atoms with van der Waals surface area (Å²) < 4.78 is 5.32. The molecule has 0 radical (unpaired) electrons. The molecule has 0 bridgehead atoms. The number of benzene rings is 1. The first-order valence-corrected chi connectivity index (χ1v) is 9.94. The number of nitrogens with one attached hydrogen (secondary N) is 2. The lowest BCUT2D eigenvalue weighted by molar-refractivity contribution is 0.292. The molecule has 26 heavy (non-hydrogen) atoms. The van der Waals surface area contributed by atoms with Crippen molar-refractivity contribution in [2.75, 3.05) is 33.3 Å². The van der Waals surface area contributed by atoms with Crippen LogP contribution in [-0.4, -0.2) is 50.2 Å². The molecular weight excluding hydrogens is 324 g/mol. The fourth-order valence-electron chi connectivity index (χ4n) is 3.00. The van der Waals surface area contributed by atoms with Crippen molar-refractivity contribution in [3.05, 3.63) is 29.3 Å². The highest BCUT2D eigenvalue weighted by atomic mass is 16.5. The third kappa shape index (κ3) is 8.09. The number of guanidine groups is 1. The molecule has 0 fully saturated rings. The van der Waals surface area contributed by atoms with E-state index in [1.807, 2.05) is 6.07 Å². The second kappa shape index (κ2) is 12.6. The molecule has 1 unspecified atom stereocenters. The van der Waals surface area contributed by atoms with E-state index in [2.05, 4.69) is 62.3 Å². The van der Waals surface area contributed by atoms with Crippen molar-refractivity contribution in [2.45, 2.75) is 60.0 Å². The average Bonchev–Trinajstić information content (AvgIpc) is 2.63. The van der Waals surface area contributed by atoms with E-state index in [0.717, 1.165) is 49.9 Å². The monoisotopic (exact) mass is 362 g/mol. The lowest BCUT2D eigenvalue weighted by Gasteiger charge is -2.21. The van der Waals surface area contributed by atoms with Crippen LogP contribution >= 0.6 is 0 Å². The van der Waals surface area contributed by atoms with Crippen LogP contribution in [0, 0.1) is 6.92 Å². The molecule has 2 N–H and O–H groups in total. The highest BCUT2D eigenvalue weighted by Gasteiger charge is 2.07. The van der Waals surface area contributed by atoms with Gasteiger partial charge in [0.15, 0.2) is 5.96 Å². The largest absolute Gasteiger partial charge is 0.496 e. The summed E-state index contributed by atoms with van der Waals surface area (Å²) in [6, 6.07) is 6.63. The van der Waals surface area contributed by atoms with Crippen LogP contribution < -0.4 is 15.4 Å². The Morgan fingerprint density at radius 1 is 1.23 bits per heavy atom. The molecule has 1 aromatic rings. The topological polar surface area (TPSA) is 48.9 Å². The second-order valence-corrected chi connectivity index (χ2v) is 6.71. The van der Waals surface area contributed by atoms with Gasteiger partial charge < -0.3 is 20.3 Å². The number of rotatable bonds is 11. The molecule has 0 aliphatic carbocycles.